The monoisotopic (exact) mass is 882 g/mol. The van der Waals surface area contributed by atoms with E-state index in [1.165, 1.54) is 26.4 Å². The molecule has 3 aliphatic heterocycles. The number of nitrogens with one attached hydrogen (secondary N) is 1. The number of alkyl halides is 2. The lowest BCUT2D eigenvalue weighted by Crippen LogP contribution is -2.58. The van der Waals surface area contributed by atoms with Crippen molar-refractivity contribution in [1.82, 2.24) is 20.1 Å². The highest BCUT2D eigenvalue weighted by Gasteiger charge is 2.55. The molecule has 0 spiro atoms. The Kier molecular flexibility index (Phi) is 15.1. The van der Waals surface area contributed by atoms with Crippen LogP contribution >= 0.6 is 42.5 Å². The van der Waals surface area contributed by atoms with E-state index in [0.717, 1.165) is 52.6 Å². The van der Waals surface area contributed by atoms with Crippen molar-refractivity contribution in [2.45, 2.75) is 61.8 Å². The Morgan fingerprint density at radius 3 is 2.29 bits per heavy atom. The topological polar surface area (TPSA) is 171 Å². The Bertz CT molecular complexity index is 1990. The third kappa shape index (κ3) is 10.2. The number of fused-ring (bicyclic) bond motifs is 2. The van der Waals surface area contributed by atoms with Crippen LogP contribution in [0.25, 0.3) is 10.1 Å². The molecule has 1 N–H and O–H groups in total. The van der Waals surface area contributed by atoms with Crippen molar-refractivity contribution in [1.29, 1.82) is 0 Å². The third-order valence-electron chi connectivity index (χ3n) is 10.2. The van der Waals surface area contributed by atoms with Gasteiger partial charge in [0.25, 0.3) is 5.91 Å². The molecule has 6 rings (SSSR count). The number of rotatable bonds is 18. The molecule has 0 radical (unpaired) electrons. The highest BCUT2D eigenvalue weighted by Crippen LogP contribution is 2.67. The molecule has 3 aliphatic rings. The van der Waals surface area contributed by atoms with Gasteiger partial charge in [-0.15, -0.1) is 11.3 Å². The van der Waals surface area contributed by atoms with Crippen LogP contribution in [0.4, 0.5) is 8.78 Å². The van der Waals surface area contributed by atoms with Gasteiger partial charge in [0.1, 0.15) is 25.3 Å². The van der Waals surface area contributed by atoms with Crippen LogP contribution in [0.5, 0.6) is 0 Å². The second kappa shape index (κ2) is 19.8. The number of hydrogen-bond acceptors (Lipinski definition) is 14. The number of thiophene rings is 1. The van der Waals surface area contributed by atoms with Gasteiger partial charge >= 0.3 is 13.3 Å². The fourth-order valence-electron chi connectivity index (χ4n) is 7.31. The standard InChI is InChI=1S/C38H45F2N4O10PS3/c1-51-22-33(45)56-15-13-53-55(50,54-14-16-57-34(46)23-52-2)38(39,40)27-8-11-31-25(17-27)18-32(58-31)35(47)42-29-7-3-6-28-9-10-30(44(28)36(29)48)37(49)43-20-26(21-43)24-5-4-12-41-19-24/h4-5,8,11-12,17-19,26,28-30H,3,6-7,9-10,13-16,20-23H2,1-2H3,(H,42,47)/t28-,29?,30-/m0/s1. The van der Waals surface area contributed by atoms with Crippen LogP contribution in [0.2, 0.25) is 0 Å². The average molecular weight is 883 g/mol. The second-order valence-electron chi connectivity index (χ2n) is 14.1. The molecular weight excluding hydrogens is 838 g/mol. The van der Waals surface area contributed by atoms with Gasteiger partial charge in [-0.2, -0.15) is 8.78 Å². The summed E-state index contributed by atoms with van der Waals surface area (Å²) in [7, 11) is -2.59. The van der Waals surface area contributed by atoms with Crippen LogP contribution in [0.15, 0.2) is 48.8 Å². The average Bonchev–Trinajstić information content (AvgIpc) is 3.78. The Hall–Kier alpha value is -3.29. The molecule has 314 valence electrons. The summed E-state index contributed by atoms with van der Waals surface area (Å²) in [4.78, 5) is 72.8. The van der Waals surface area contributed by atoms with Crippen LogP contribution < -0.4 is 5.32 Å². The number of ether oxygens (including phenoxy) is 2. The van der Waals surface area contributed by atoms with E-state index in [1.54, 1.807) is 22.2 Å². The number of carbonyl (C=O) groups excluding carboxylic acids is 5. The van der Waals surface area contributed by atoms with Gasteiger partial charge in [0.2, 0.25) is 22.0 Å². The number of aromatic nitrogens is 1. The highest BCUT2D eigenvalue weighted by atomic mass is 32.2. The van der Waals surface area contributed by atoms with Gasteiger partial charge in [0, 0.05) is 73.4 Å². The van der Waals surface area contributed by atoms with Gasteiger partial charge < -0.3 is 33.6 Å². The number of halogens is 2. The molecule has 3 aromatic rings. The zero-order valence-electron chi connectivity index (χ0n) is 32.0. The number of pyridine rings is 1. The number of thioether (sulfide) groups is 2. The number of amides is 3. The van der Waals surface area contributed by atoms with E-state index in [4.69, 9.17) is 18.5 Å². The minimum Gasteiger partial charge on any atom is -0.376 e. The second-order valence-corrected chi connectivity index (χ2v) is 19.5. The summed E-state index contributed by atoms with van der Waals surface area (Å²) in [6.45, 7) is -0.311. The molecule has 0 saturated carbocycles. The van der Waals surface area contributed by atoms with E-state index in [0.29, 0.717) is 49.9 Å². The van der Waals surface area contributed by atoms with Crippen LogP contribution in [-0.2, 0) is 47.9 Å². The summed E-state index contributed by atoms with van der Waals surface area (Å²) >= 11 is 2.57. The fraction of sp³-hybridized carbons (Fsp3) is 0.526. The van der Waals surface area contributed by atoms with Crippen molar-refractivity contribution in [2.24, 2.45) is 0 Å². The lowest BCUT2D eigenvalue weighted by Gasteiger charge is -2.42. The number of carbonyl (C=O) groups is 5. The van der Waals surface area contributed by atoms with Crippen molar-refractivity contribution in [3.63, 3.8) is 0 Å². The molecule has 1 aromatic carbocycles. The van der Waals surface area contributed by atoms with Gasteiger partial charge in [-0.05, 0) is 67.3 Å². The molecule has 3 atom stereocenters. The van der Waals surface area contributed by atoms with E-state index in [9.17, 15) is 28.5 Å². The van der Waals surface area contributed by atoms with Gasteiger partial charge in [-0.25, -0.2) is 0 Å². The number of methoxy groups -OCH3 is 2. The van der Waals surface area contributed by atoms with E-state index in [2.05, 4.69) is 10.3 Å². The predicted molar refractivity (Wildman–Crippen MR) is 216 cm³/mol. The number of likely N-dealkylation sites (tertiary alicyclic amines) is 1. The maximum Gasteiger partial charge on any atom is 0.404 e. The van der Waals surface area contributed by atoms with Crippen molar-refractivity contribution >= 4 is 80.5 Å². The zero-order valence-corrected chi connectivity index (χ0v) is 35.3. The quantitative estimate of drug-likeness (QED) is 0.123. The smallest absolute Gasteiger partial charge is 0.376 e. The lowest BCUT2D eigenvalue weighted by atomic mass is 9.92. The van der Waals surface area contributed by atoms with E-state index in [1.807, 2.05) is 12.1 Å². The van der Waals surface area contributed by atoms with Crippen LogP contribution in [0.3, 0.4) is 0 Å². The van der Waals surface area contributed by atoms with Crippen LogP contribution in [0.1, 0.15) is 58.8 Å². The summed E-state index contributed by atoms with van der Waals surface area (Å²) < 4.78 is 66.7. The number of hydrogen-bond donors (Lipinski definition) is 1. The van der Waals surface area contributed by atoms with Crippen LogP contribution in [-0.4, -0.2) is 126 Å². The first-order valence-electron chi connectivity index (χ1n) is 18.8. The predicted octanol–water partition coefficient (Wildman–Crippen LogP) is 5.65. The summed E-state index contributed by atoms with van der Waals surface area (Å²) in [5.41, 5.74) is -3.80. The summed E-state index contributed by atoms with van der Waals surface area (Å²) in [6, 6.07) is 7.26. The SMILES string of the molecule is COCC(=O)SCCOP(=O)(OCCSC(=O)COC)C(F)(F)c1ccc2sc(C(=O)NC3CCC[C@H]4CC[C@@H](C(=O)N5CC(c6cccnc6)C5)N4C3=O)cc2c1. The van der Waals surface area contributed by atoms with E-state index < -0.39 is 50.0 Å². The molecular formula is C38H45F2N4O10PS3. The van der Waals surface area contributed by atoms with Crippen molar-refractivity contribution in [2.75, 3.05) is 65.2 Å². The minimum atomic E-state index is -5.26. The van der Waals surface area contributed by atoms with Gasteiger partial charge in [-0.1, -0.05) is 35.7 Å². The van der Waals surface area contributed by atoms with Crippen molar-refractivity contribution in [3.8, 4) is 0 Å². The Morgan fingerprint density at radius 1 is 0.966 bits per heavy atom. The molecule has 0 aliphatic carbocycles. The fourth-order valence-corrected chi connectivity index (χ4v) is 11.2. The Morgan fingerprint density at radius 2 is 1.66 bits per heavy atom. The number of benzene rings is 1. The summed E-state index contributed by atoms with van der Waals surface area (Å²) in [5, 5.41) is 2.37. The molecule has 3 saturated heterocycles. The highest BCUT2D eigenvalue weighted by molar-refractivity contribution is 8.14. The summed E-state index contributed by atoms with van der Waals surface area (Å²) in [5.74, 6) is -0.962. The lowest BCUT2D eigenvalue weighted by molar-refractivity contribution is -0.148. The third-order valence-corrected chi connectivity index (χ3v) is 14.9. The maximum atomic E-state index is 16.2. The summed E-state index contributed by atoms with van der Waals surface area (Å²) in [6.07, 6.45) is 6.54. The van der Waals surface area contributed by atoms with Crippen molar-refractivity contribution < 1.29 is 55.8 Å². The van der Waals surface area contributed by atoms with E-state index in [-0.39, 0.29) is 69.0 Å². The molecule has 2 aromatic heterocycles. The first kappa shape index (κ1) is 44.3. The maximum absolute atomic E-state index is 16.2. The first-order chi connectivity index (χ1) is 27.8. The minimum absolute atomic E-state index is 0.0902. The molecule has 58 heavy (non-hydrogen) atoms. The molecule has 14 nitrogen and oxygen atoms in total. The Balaban J connectivity index is 1.12. The van der Waals surface area contributed by atoms with Gasteiger partial charge in [0.05, 0.1) is 18.1 Å². The Labute approximate surface area is 347 Å². The van der Waals surface area contributed by atoms with Crippen molar-refractivity contribution in [3.05, 3.63) is 64.8 Å². The largest absolute Gasteiger partial charge is 0.404 e. The normalized spacial score (nSPS) is 20.1. The first-order valence-corrected chi connectivity index (χ1v) is 23.1. The van der Waals surface area contributed by atoms with E-state index >= 15 is 8.78 Å². The van der Waals surface area contributed by atoms with Gasteiger partial charge in [-0.3, -0.25) is 33.5 Å². The molecule has 0 bridgehead atoms. The number of nitrogens with zero attached hydrogens (tertiary/aromatic N) is 3. The van der Waals surface area contributed by atoms with Gasteiger partial charge in [0.15, 0.2) is 0 Å². The zero-order chi connectivity index (χ0) is 41.5. The molecule has 1 unspecified atom stereocenters. The molecule has 3 fully saturated rings. The van der Waals surface area contributed by atoms with Crippen LogP contribution in [0, 0.1) is 0 Å². The molecule has 5 heterocycles. The molecule has 3 amide bonds. The molecule has 20 heteroatoms.